The summed E-state index contributed by atoms with van der Waals surface area (Å²) in [6.07, 6.45) is 6.22. The first kappa shape index (κ1) is 16.8. The van der Waals surface area contributed by atoms with E-state index < -0.39 is 5.79 Å². The third kappa shape index (κ3) is 5.60. The van der Waals surface area contributed by atoms with E-state index in [0.717, 1.165) is 38.7 Å². The Hall–Kier alpha value is -0.600. The van der Waals surface area contributed by atoms with Gasteiger partial charge < -0.3 is 19.3 Å². The summed E-state index contributed by atoms with van der Waals surface area (Å²) in [6, 6.07) is 0. The molecule has 0 saturated carbocycles. The minimum absolute atomic E-state index is 0.0675. The number of rotatable bonds is 3. The van der Waals surface area contributed by atoms with Crippen LogP contribution < -0.4 is 0 Å². The first-order valence-electron chi connectivity index (χ1n) is 8.08. The molecule has 2 saturated heterocycles. The van der Waals surface area contributed by atoms with Crippen molar-refractivity contribution in [3.63, 3.8) is 0 Å². The lowest BCUT2D eigenvalue weighted by Crippen LogP contribution is -2.38. The summed E-state index contributed by atoms with van der Waals surface area (Å²) in [4.78, 5) is 0. The van der Waals surface area contributed by atoms with E-state index in [4.69, 9.17) is 14.2 Å². The van der Waals surface area contributed by atoms with Crippen molar-refractivity contribution in [1.29, 1.82) is 0 Å². The van der Waals surface area contributed by atoms with Crippen LogP contribution in [0.5, 0.6) is 0 Å². The van der Waals surface area contributed by atoms with Crippen LogP contribution >= 0.6 is 0 Å². The fourth-order valence-corrected chi connectivity index (χ4v) is 2.77. The van der Waals surface area contributed by atoms with E-state index in [1.54, 1.807) is 0 Å². The number of aliphatic hydroxyl groups is 1. The van der Waals surface area contributed by atoms with Crippen molar-refractivity contribution < 1.29 is 19.3 Å². The smallest absolute Gasteiger partial charge is 0.231 e. The molecular formula is C17H28O4. The van der Waals surface area contributed by atoms with Gasteiger partial charge in [0.15, 0.2) is 6.29 Å². The quantitative estimate of drug-likeness (QED) is 0.813. The highest BCUT2D eigenvalue weighted by atomic mass is 16.7. The number of hydrogen-bond donors (Lipinski definition) is 1. The number of hydrogen-bond acceptors (Lipinski definition) is 4. The van der Waals surface area contributed by atoms with E-state index in [9.17, 15) is 5.11 Å². The maximum atomic E-state index is 10.3. The molecule has 4 heteroatoms. The first-order chi connectivity index (χ1) is 9.89. The van der Waals surface area contributed by atoms with Gasteiger partial charge in [-0.2, -0.15) is 0 Å². The topological polar surface area (TPSA) is 47.9 Å². The Kier molecular flexibility index (Phi) is 5.67. The third-order valence-corrected chi connectivity index (χ3v) is 3.91. The molecule has 0 radical (unpaired) electrons. The van der Waals surface area contributed by atoms with Gasteiger partial charge in [-0.25, -0.2) is 0 Å². The molecule has 0 aromatic carbocycles. The van der Waals surface area contributed by atoms with Crippen LogP contribution in [0.25, 0.3) is 0 Å². The average molecular weight is 296 g/mol. The molecule has 0 amide bonds. The van der Waals surface area contributed by atoms with Crippen molar-refractivity contribution in [2.45, 2.75) is 89.5 Å². The highest BCUT2D eigenvalue weighted by Crippen LogP contribution is 2.26. The van der Waals surface area contributed by atoms with Crippen LogP contribution in [0.3, 0.4) is 0 Å². The summed E-state index contributed by atoms with van der Waals surface area (Å²) in [7, 11) is 0. The van der Waals surface area contributed by atoms with Crippen LogP contribution in [0.15, 0.2) is 0 Å². The molecule has 0 spiro atoms. The lowest BCUT2D eigenvalue weighted by Gasteiger charge is -2.32. The molecule has 120 valence electrons. The SMILES string of the molecule is CC1CCCC(O)(C#CCC(C)(C)OC2CCCCO2)O1. The Labute approximate surface area is 128 Å². The summed E-state index contributed by atoms with van der Waals surface area (Å²) in [5, 5.41) is 10.3. The minimum Gasteiger partial charge on any atom is -0.356 e. The summed E-state index contributed by atoms with van der Waals surface area (Å²) in [5.74, 6) is 4.64. The van der Waals surface area contributed by atoms with Crippen molar-refractivity contribution in [1.82, 2.24) is 0 Å². The molecule has 4 nitrogen and oxygen atoms in total. The predicted octanol–water partition coefficient (Wildman–Crippen LogP) is 2.98. The van der Waals surface area contributed by atoms with Crippen LogP contribution in [0, 0.1) is 11.8 Å². The highest BCUT2D eigenvalue weighted by Gasteiger charge is 2.32. The predicted molar refractivity (Wildman–Crippen MR) is 80.5 cm³/mol. The fraction of sp³-hybridized carbons (Fsp3) is 0.882. The van der Waals surface area contributed by atoms with E-state index in [-0.39, 0.29) is 18.0 Å². The van der Waals surface area contributed by atoms with Gasteiger partial charge in [-0.15, -0.1) is 0 Å². The van der Waals surface area contributed by atoms with E-state index in [1.165, 1.54) is 0 Å². The van der Waals surface area contributed by atoms with E-state index in [1.807, 2.05) is 20.8 Å². The molecule has 21 heavy (non-hydrogen) atoms. The molecule has 2 aliphatic heterocycles. The van der Waals surface area contributed by atoms with Gasteiger partial charge in [0, 0.05) is 19.4 Å². The Morgan fingerprint density at radius 2 is 2.10 bits per heavy atom. The summed E-state index contributed by atoms with van der Waals surface area (Å²) < 4.78 is 17.1. The summed E-state index contributed by atoms with van der Waals surface area (Å²) in [6.45, 7) is 6.76. The standard InChI is InChI=1S/C17H28O4/c1-14-8-6-11-17(18,20-14)12-7-10-16(2,3)21-15-9-4-5-13-19-15/h14-15,18H,4-6,8-11,13H2,1-3H3. The monoisotopic (exact) mass is 296 g/mol. The van der Waals surface area contributed by atoms with Gasteiger partial charge in [0.25, 0.3) is 0 Å². The normalized spacial score (nSPS) is 34.1. The number of ether oxygens (including phenoxy) is 3. The highest BCUT2D eigenvalue weighted by molar-refractivity contribution is 5.12. The molecule has 2 fully saturated rings. The van der Waals surface area contributed by atoms with Gasteiger partial charge >= 0.3 is 0 Å². The molecule has 0 aromatic rings. The zero-order valence-corrected chi connectivity index (χ0v) is 13.5. The fourth-order valence-electron chi connectivity index (χ4n) is 2.77. The molecule has 1 N–H and O–H groups in total. The Balaban J connectivity index is 1.84. The molecule has 0 aromatic heterocycles. The largest absolute Gasteiger partial charge is 0.356 e. The Bertz CT molecular complexity index is 389. The molecular weight excluding hydrogens is 268 g/mol. The van der Waals surface area contributed by atoms with Crippen LogP contribution in [0.1, 0.15) is 65.7 Å². The second kappa shape index (κ2) is 7.11. The van der Waals surface area contributed by atoms with Crippen molar-refractivity contribution in [3.8, 4) is 11.8 Å². The zero-order valence-electron chi connectivity index (χ0n) is 13.5. The second-order valence-electron chi connectivity index (χ2n) is 6.76. The second-order valence-corrected chi connectivity index (χ2v) is 6.76. The van der Waals surface area contributed by atoms with Crippen molar-refractivity contribution in [3.05, 3.63) is 0 Å². The van der Waals surface area contributed by atoms with Gasteiger partial charge in [-0.3, -0.25) is 0 Å². The molecule has 3 unspecified atom stereocenters. The Morgan fingerprint density at radius 1 is 1.29 bits per heavy atom. The lowest BCUT2D eigenvalue weighted by atomic mass is 10.0. The summed E-state index contributed by atoms with van der Waals surface area (Å²) in [5.41, 5.74) is -0.383. The van der Waals surface area contributed by atoms with Crippen LogP contribution in [0.4, 0.5) is 0 Å². The van der Waals surface area contributed by atoms with Crippen LogP contribution in [0.2, 0.25) is 0 Å². The lowest BCUT2D eigenvalue weighted by molar-refractivity contribution is -0.214. The molecule has 2 heterocycles. The van der Waals surface area contributed by atoms with Crippen LogP contribution in [-0.4, -0.2) is 35.5 Å². The van der Waals surface area contributed by atoms with Crippen molar-refractivity contribution in [2.24, 2.45) is 0 Å². The zero-order chi connectivity index (χ0) is 15.3. The van der Waals surface area contributed by atoms with E-state index >= 15 is 0 Å². The third-order valence-electron chi connectivity index (χ3n) is 3.91. The average Bonchev–Trinajstić information content (AvgIpc) is 2.38. The molecule has 0 aliphatic carbocycles. The Morgan fingerprint density at radius 3 is 2.76 bits per heavy atom. The molecule has 3 atom stereocenters. The maximum Gasteiger partial charge on any atom is 0.231 e. The van der Waals surface area contributed by atoms with Crippen LogP contribution in [-0.2, 0) is 14.2 Å². The summed E-state index contributed by atoms with van der Waals surface area (Å²) >= 11 is 0. The molecule has 2 rings (SSSR count). The minimum atomic E-state index is -1.28. The maximum absolute atomic E-state index is 10.3. The first-order valence-corrected chi connectivity index (χ1v) is 8.08. The van der Waals surface area contributed by atoms with E-state index in [0.29, 0.717) is 12.8 Å². The van der Waals surface area contributed by atoms with Crippen molar-refractivity contribution in [2.75, 3.05) is 6.61 Å². The molecule has 2 aliphatic rings. The van der Waals surface area contributed by atoms with Gasteiger partial charge in [-0.05, 0) is 58.8 Å². The van der Waals surface area contributed by atoms with Gasteiger partial charge in [0.2, 0.25) is 5.79 Å². The molecule has 0 bridgehead atoms. The van der Waals surface area contributed by atoms with Gasteiger partial charge in [0.05, 0.1) is 11.7 Å². The van der Waals surface area contributed by atoms with Crippen molar-refractivity contribution >= 4 is 0 Å². The van der Waals surface area contributed by atoms with Gasteiger partial charge in [-0.1, -0.05) is 5.92 Å². The van der Waals surface area contributed by atoms with E-state index in [2.05, 4.69) is 11.8 Å². The van der Waals surface area contributed by atoms with Gasteiger partial charge in [0.1, 0.15) is 0 Å².